The maximum absolute atomic E-state index is 5.44. The molecule has 0 aliphatic heterocycles. The van der Waals surface area contributed by atoms with Crippen molar-refractivity contribution in [3.63, 3.8) is 0 Å². The van der Waals surface area contributed by atoms with Gasteiger partial charge in [-0.05, 0) is 34.6 Å². The maximum Gasteiger partial charge on any atom is 0.218 e. The number of ether oxygens (including phenoxy) is 1. The fraction of sp³-hybridized carbons (Fsp3) is 0.714. The molecule has 1 aromatic rings. The van der Waals surface area contributed by atoms with Crippen LogP contribution < -0.4 is 15.0 Å². The van der Waals surface area contributed by atoms with Gasteiger partial charge in [0.05, 0.1) is 6.61 Å². The van der Waals surface area contributed by atoms with Gasteiger partial charge in [0.2, 0.25) is 5.88 Å². The van der Waals surface area contributed by atoms with Crippen LogP contribution in [0.2, 0.25) is 0 Å². The van der Waals surface area contributed by atoms with Crippen molar-refractivity contribution < 1.29 is 4.74 Å². The van der Waals surface area contributed by atoms with E-state index in [9.17, 15) is 0 Å². The van der Waals surface area contributed by atoms with E-state index in [2.05, 4.69) is 41.0 Å². The molecule has 1 rings (SSSR count). The summed E-state index contributed by atoms with van der Waals surface area (Å²) >= 11 is 0. The number of rotatable bonds is 6. The Hall–Kier alpha value is -1.36. The number of hydrogen-bond acceptors (Lipinski definition) is 5. The minimum atomic E-state index is 0.138. The first-order valence-corrected chi connectivity index (χ1v) is 6.76. The second-order valence-corrected chi connectivity index (χ2v) is 5.64. The zero-order chi connectivity index (χ0) is 14.5. The molecule has 5 nitrogen and oxygen atoms in total. The Labute approximate surface area is 116 Å². The van der Waals surface area contributed by atoms with Crippen LogP contribution in [0.1, 0.15) is 33.5 Å². The molecule has 0 saturated carbocycles. The summed E-state index contributed by atoms with van der Waals surface area (Å²) in [6.07, 6.45) is 0. The first-order valence-electron chi connectivity index (χ1n) is 6.76. The summed E-state index contributed by atoms with van der Waals surface area (Å²) in [6, 6.07) is 1.88. The van der Waals surface area contributed by atoms with Crippen molar-refractivity contribution in [1.82, 2.24) is 15.3 Å². The quantitative estimate of drug-likeness (QED) is 0.853. The van der Waals surface area contributed by atoms with E-state index in [-0.39, 0.29) is 5.54 Å². The van der Waals surface area contributed by atoms with Gasteiger partial charge in [0.15, 0.2) is 0 Å². The number of anilines is 1. The van der Waals surface area contributed by atoms with Crippen LogP contribution in [-0.2, 0) is 0 Å². The lowest BCUT2D eigenvalue weighted by Crippen LogP contribution is -2.40. The molecule has 19 heavy (non-hydrogen) atoms. The Morgan fingerprint density at radius 2 is 2.00 bits per heavy atom. The summed E-state index contributed by atoms with van der Waals surface area (Å²) in [4.78, 5) is 10.8. The summed E-state index contributed by atoms with van der Waals surface area (Å²) < 4.78 is 5.44. The molecule has 0 bridgehead atoms. The van der Waals surface area contributed by atoms with Crippen LogP contribution in [0.5, 0.6) is 5.88 Å². The smallest absolute Gasteiger partial charge is 0.218 e. The van der Waals surface area contributed by atoms with Gasteiger partial charge in [-0.2, -0.15) is 4.98 Å². The van der Waals surface area contributed by atoms with Crippen LogP contribution in [0.25, 0.3) is 0 Å². The number of nitrogens with one attached hydrogen (secondary N) is 1. The second kappa shape index (κ2) is 6.70. The lowest BCUT2D eigenvalue weighted by molar-refractivity contribution is 0.325. The molecule has 0 unspecified atom stereocenters. The highest BCUT2D eigenvalue weighted by molar-refractivity contribution is 5.40. The third-order valence-corrected chi connectivity index (χ3v) is 2.59. The zero-order valence-electron chi connectivity index (χ0n) is 12.9. The number of aromatic nitrogens is 2. The highest BCUT2D eigenvalue weighted by atomic mass is 16.5. The molecular formula is C14H26N4O. The largest absolute Gasteiger partial charge is 0.478 e. The van der Waals surface area contributed by atoms with Crippen molar-refractivity contribution >= 4 is 5.82 Å². The molecule has 0 amide bonds. The van der Waals surface area contributed by atoms with Gasteiger partial charge in [0.25, 0.3) is 0 Å². The van der Waals surface area contributed by atoms with Gasteiger partial charge in [-0.3, -0.25) is 0 Å². The molecule has 0 aliphatic carbocycles. The Kier molecular flexibility index (Phi) is 5.54. The summed E-state index contributed by atoms with van der Waals surface area (Å²) in [7, 11) is 2.03. The summed E-state index contributed by atoms with van der Waals surface area (Å²) in [5, 5.41) is 3.46. The van der Waals surface area contributed by atoms with Gasteiger partial charge in [-0.1, -0.05) is 0 Å². The topological polar surface area (TPSA) is 50.3 Å². The second-order valence-electron chi connectivity index (χ2n) is 5.64. The van der Waals surface area contributed by atoms with E-state index >= 15 is 0 Å². The summed E-state index contributed by atoms with van der Waals surface area (Å²) in [5.41, 5.74) is 0.138. The molecule has 108 valence electrons. The van der Waals surface area contributed by atoms with Gasteiger partial charge in [-0.25, -0.2) is 4.98 Å². The monoisotopic (exact) mass is 266 g/mol. The predicted octanol–water partition coefficient (Wildman–Crippen LogP) is 2.01. The third kappa shape index (κ3) is 5.87. The van der Waals surface area contributed by atoms with Crippen molar-refractivity contribution in [2.24, 2.45) is 0 Å². The number of likely N-dealkylation sites (N-methyl/N-ethyl adjacent to an activating group) is 1. The summed E-state index contributed by atoms with van der Waals surface area (Å²) in [6.45, 7) is 12.7. The van der Waals surface area contributed by atoms with Crippen LogP contribution in [0, 0.1) is 6.92 Å². The molecule has 0 fully saturated rings. The van der Waals surface area contributed by atoms with E-state index in [0.717, 1.165) is 24.7 Å². The average Bonchev–Trinajstić information content (AvgIpc) is 2.26. The predicted molar refractivity (Wildman–Crippen MR) is 79.0 cm³/mol. The minimum Gasteiger partial charge on any atom is -0.478 e. The molecule has 5 heteroatoms. The van der Waals surface area contributed by atoms with Crippen molar-refractivity contribution in [2.45, 2.75) is 40.2 Å². The van der Waals surface area contributed by atoms with E-state index in [0.29, 0.717) is 12.5 Å². The SMILES string of the molecule is CCOc1cc(N(C)CCNC(C)(C)C)nc(C)n1. The highest BCUT2D eigenvalue weighted by Crippen LogP contribution is 2.16. The standard InChI is InChI=1S/C14H26N4O/c1-7-19-13-10-12(16-11(2)17-13)18(6)9-8-15-14(3,4)5/h10,15H,7-9H2,1-6H3. The van der Waals surface area contributed by atoms with Crippen molar-refractivity contribution in [3.8, 4) is 5.88 Å². The first-order chi connectivity index (χ1) is 8.81. The van der Waals surface area contributed by atoms with Crippen LogP contribution in [0.3, 0.4) is 0 Å². The van der Waals surface area contributed by atoms with Gasteiger partial charge in [0.1, 0.15) is 11.6 Å². The normalized spacial score (nSPS) is 11.5. The Bertz CT molecular complexity index is 401. The summed E-state index contributed by atoms with van der Waals surface area (Å²) in [5.74, 6) is 2.27. The fourth-order valence-electron chi connectivity index (χ4n) is 1.66. The van der Waals surface area contributed by atoms with Crippen LogP contribution in [-0.4, -0.2) is 42.3 Å². The van der Waals surface area contributed by atoms with Gasteiger partial charge >= 0.3 is 0 Å². The fourth-order valence-corrected chi connectivity index (χ4v) is 1.66. The number of aryl methyl sites for hydroxylation is 1. The number of nitrogens with zero attached hydrogens (tertiary/aromatic N) is 3. The molecule has 0 aromatic carbocycles. The Balaban J connectivity index is 2.63. The highest BCUT2D eigenvalue weighted by Gasteiger charge is 2.10. The molecule has 1 heterocycles. The van der Waals surface area contributed by atoms with Gasteiger partial charge in [-0.15, -0.1) is 0 Å². The van der Waals surface area contributed by atoms with E-state index in [1.54, 1.807) is 0 Å². The molecule has 0 spiro atoms. The average molecular weight is 266 g/mol. The van der Waals surface area contributed by atoms with Crippen LogP contribution >= 0.6 is 0 Å². The van der Waals surface area contributed by atoms with Crippen LogP contribution in [0.4, 0.5) is 5.82 Å². The van der Waals surface area contributed by atoms with Gasteiger partial charge < -0.3 is 15.0 Å². The third-order valence-electron chi connectivity index (χ3n) is 2.59. The zero-order valence-corrected chi connectivity index (χ0v) is 12.9. The maximum atomic E-state index is 5.44. The Morgan fingerprint density at radius 1 is 1.32 bits per heavy atom. The molecular weight excluding hydrogens is 240 g/mol. The van der Waals surface area contributed by atoms with E-state index in [1.165, 1.54) is 0 Å². The lowest BCUT2D eigenvalue weighted by atomic mass is 10.1. The van der Waals surface area contributed by atoms with E-state index < -0.39 is 0 Å². The van der Waals surface area contributed by atoms with Gasteiger partial charge in [0, 0.05) is 31.7 Å². The molecule has 1 N–H and O–H groups in total. The molecule has 0 radical (unpaired) electrons. The van der Waals surface area contributed by atoms with Crippen molar-refractivity contribution in [2.75, 3.05) is 31.6 Å². The minimum absolute atomic E-state index is 0.138. The van der Waals surface area contributed by atoms with E-state index in [4.69, 9.17) is 4.74 Å². The molecule has 1 aromatic heterocycles. The Morgan fingerprint density at radius 3 is 2.58 bits per heavy atom. The molecule has 0 saturated heterocycles. The van der Waals surface area contributed by atoms with Crippen molar-refractivity contribution in [1.29, 1.82) is 0 Å². The number of hydrogen-bond donors (Lipinski definition) is 1. The van der Waals surface area contributed by atoms with Crippen molar-refractivity contribution in [3.05, 3.63) is 11.9 Å². The lowest BCUT2D eigenvalue weighted by Gasteiger charge is -2.24. The van der Waals surface area contributed by atoms with Crippen LogP contribution in [0.15, 0.2) is 6.07 Å². The molecule has 0 atom stereocenters. The first kappa shape index (κ1) is 15.7. The van der Waals surface area contributed by atoms with E-state index in [1.807, 2.05) is 27.0 Å². The molecule has 0 aliphatic rings.